The van der Waals surface area contributed by atoms with E-state index in [-0.39, 0.29) is 0 Å². The summed E-state index contributed by atoms with van der Waals surface area (Å²) in [7, 11) is 1.70. The Bertz CT molecular complexity index is 1160. The number of pyridine rings is 1. The van der Waals surface area contributed by atoms with Gasteiger partial charge in [-0.05, 0) is 31.2 Å². The molecule has 7 nitrogen and oxygen atoms in total. The molecule has 1 saturated heterocycles. The summed E-state index contributed by atoms with van der Waals surface area (Å²) < 4.78 is 11.1. The molecule has 5 rings (SSSR count). The van der Waals surface area contributed by atoms with E-state index >= 15 is 0 Å². The number of hydrogen-bond donors (Lipinski definition) is 1. The molecule has 0 radical (unpaired) electrons. The molecule has 0 saturated carbocycles. The van der Waals surface area contributed by atoms with Crippen molar-refractivity contribution >= 4 is 28.1 Å². The third kappa shape index (κ3) is 3.24. The molecule has 8 heteroatoms. The Morgan fingerprint density at radius 3 is 2.83 bits per heavy atom. The number of thiazole rings is 1. The summed E-state index contributed by atoms with van der Waals surface area (Å²) in [6, 6.07) is 8.19. The summed E-state index contributed by atoms with van der Waals surface area (Å²) in [5.74, 6) is 0.851. The van der Waals surface area contributed by atoms with Gasteiger partial charge in [-0.2, -0.15) is 5.10 Å². The zero-order valence-corrected chi connectivity index (χ0v) is 17.1. The van der Waals surface area contributed by atoms with E-state index in [4.69, 9.17) is 9.47 Å². The number of fused-ring (bicyclic) bond motifs is 1. The van der Waals surface area contributed by atoms with E-state index < -0.39 is 0 Å². The first-order valence-electron chi connectivity index (χ1n) is 9.51. The first-order chi connectivity index (χ1) is 14.2. The zero-order chi connectivity index (χ0) is 19.8. The van der Waals surface area contributed by atoms with Gasteiger partial charge in [-0.3, -0.25) is 5.10 Å². The molecule has 3 aromatic heterocycles. The maximum atomic E-state index is 5.62. The number of hydrogen-bond acceptors (Lipinski definition) is 7. The van der Waals surface area contributed by atoms with Crippen LogP contribution in [0.3, 0.4) is 0 Å². The average molecular weight is 407 g/mol. The first kappa shape index (κ1) is 18.1. The minimum atomic E-state index is 0.718. The van der Waals surface area contributed by atoms with Gasteiger partial charge in [0.1, 0.15) is 11.4 Å². The van der Waals surface area contributed by atoms with Crippen molar-refractivity contribution in [1.29, 1.82) is 0 Å². The Labute approximate surface area is 172 Å². The third-order valence-corrected chi connectivity index (χ3v) is 5.93. The van der Waals surface area contributed by atoms with Crippen LogP contribution in [0.2, 0.25) is 0 Å². The van der Waals surface area contributed by atoms with Crippen LogP contribution in [0.5, 0.6) is 5.75 Å². The monoisotopic (exact) mass is 407 g/mol. The van der Waals surface area contributed by atoms with Gasteiger partial charge < -0.3 is 14.4 Å². The highest BCUT2D eigenvalue weighted by Gasteiger charge is 2.20. The van der Waals surface area contributed by atoms with Gasteiger partial charge in [0.05, 0.1) is 42.1 Å². The predicted molar refractivity (Wildman–Crippen MR) is 115 cm³/mol. The second-order valence-corrected chi connectivity index (χ2v) is 7.95. The number of anilines is 1. The number of methoxy groups -OCH3 is 1. The zero-order valence-electron chi connectivity index (χ0n) is 16.3. The van der Waals surface area contributed by atoms with Crippen molar-refractivity contribution in [1.82, 2.24) is 20.2 Å². The molecule has 4 heterocycles. The number of rotatable bonds is 4. The van der Waals surface area contributed by atoms with Gasteiger partial charge in [0.15, 0.2) is 5.65 Å². The summed E-state index contributed by atoms with van der Waals surface area (Å²) >= 11 is 1.64. The molecule has 4 aromatic rings. The van der Waals surface area contributed by atoms with E-state index in [1.165, 1.54) is 0 Å². The third-order valence-electron chi connectivity index (χ3n) is 5.16. The minimum Gasteiger partial charge on any atom is -0.495 e. The van der Waals surface area contributed by atoms with Crippen LogP contribution in [-0.4, -0.2) is 53.6 Å². The second kappa shape index (κ2) is 7.46. The van der Waals surface area contributed by atoms with Crippen molar-refractivity contribution in [3.8, 4) is 28.3 Å². The summed E-state index contributed by atoms with van der Waals surface area (Å²) in [5, 5.41) is 11.8. The maximum absolute atomic E-state index is 5.62. The SMILES string of the molecule is COc1ccc(-c2n[nH]c3nccc(-c4csc(C)n4)c23)cc1N1CCOCC1. The highest BCUT2D eigenvalue weighted by Crippen LogP contribution is 2.38. The van der Waals surface area contributed by atoms with Gasteiger partial charge in [-0.15, -0.1) is 11.3 Å². The van der Waals surface area contributed by atoms with Crippen LogP contribution in [0.25, 0.3) is 33.5 Å². The summed E-state index contributed by atoms with van der Waals surface area (Å²) in [6.07, 6.45) is 1.79. The lowest BCUT2D eigenvalue weighted by Gasteiger charge is -2.30. The molecule has 0 amide bonds. The number of nitrogens with zero attached hydrogens (tertiary/aromatic N) is 4. The largest absolute Gasteiger partial charge is 0.495 e. The number of nitrogens with one attached hydrogen (secondary N) is 1. The Morgan fingerprint density at radius 2 is 2.07 bits per heavy atom. The molecule has 148 valence electrons. The summed E-state index contributed by atoms with van der Waals surface area (Å²) in [5.41, 5.74) is 5.67. The van der Waals surface area contributed by atoms with Crippen molar-refractivity contribution in [2.24, 2.45) is 0 Å². The van der Waals surface area contributed by atoms with Crippen molar-refractivity contribution in [2.75, 3.05) is 38.3 Å². The Morgan fingerprint density at radius 1 is 1.21 bits per heavy atom. The standard InChI is InChI=1S/C21H21N5O2S/c1-13-23-16(12-29-13)15-5-6-22-21-19(15)20(24-25-21)14-3-4-18(27-2)17(11-14)26-7-9-28-10-8-26/h3-6,11-12H,7-10H2,1-2H3,(H,22,24,25). The molecular formula is C21H21N5O2S. The van der Waals surface area contributed by atoms with Gasteiger partial charge in [0.2, 0.25) is 0 Å². The lowest BCUT2D eigenvalue weighted by atomic mass is 10.0. The van der Waals surface area contributed by atoms with Gasteiger partial charge in [0.25, 0.3) is 0 Å². The lowest BCUT2D eigenvalue weighted by molar-refractivity contribution is 0.122. The second-order valence-electron chi connectivity index (χ2n) is 6.89. The summed E-state index contributed by atoms with van der Waals surface area (Å²) in [4.78, 5) is 11.4. The quantitative estimate of drug-likeness (QED) is 0.553. The van der Waals surface area contributed by atoms with Crippen molar-refractivity contribution in [3.05, 3.63) is 40.8 Å². The molecular weight excluding hydrogens is 386 g/mol. The molecule has 29 heavy (non-hydrogen) atoms. The Hall–Kier alpha value is -2.97. The number of aromatic amines is 1. The lowest BCUT2D eigenvalue weighted by Crippen LogP contribution is -2.36. The molecule has 0 unspecified atom stereocenters. The molecule has 1 aliphatic heterocycles. The molecule has 0 bridgehead atoms. The van der Waals surface area contributed by atoms with E-state index in [1.807, 2.05) is 25.1 Å². The van der Waals surface area contributed by atoms with Crippen molar-refractivity contribution < 1.29 is 9.47 Å². The topological polar surface area (TPSA) is 76.2 Å². The fraction of sp³-hybridized carbons (Fsp3) is 0.286. The molecule has 1 aromatic carbocycles. The van der Waals surface area contributed by atoms with Crippen LogP contribution < -0.4 is 9.64 Å². The van der Waals surface area contributed by atoms with Crippen molar-refractivity contribution in [2.45, 2.75) is 6.92 Å². The molecule has 1 fully saturated rings. The maximum Gasteiger partial charge on any atom is 0.156 e. The normalized spacial score (nSPS) is 14.5. The van der Waals surface area contributed by atoms with Gasteiger partial charge >= 0.3 is 0 Å². The fourth-order valence-corrected chi connectivity index (χ4v) is 4.36. The summed E-state index contributed by atoms with van der Waals surface area (Å²) in [6.45, 7) is 5.13. The van der Waals surface area contributed by atoms with Crippen LogP contribution in [0.4, 0.5) is 5.69 Å². The van der Waals surface area contributed by atoms with Crippen LogP contribution in [0, 0.1) is 6.92 Å². The van der Waals surface area contributed by atoms with E-state index in [2.05, 4.69) is 36.5 Å². The van der Waals surface area contributed by atoms with E-state index in [0.29, 0.717) is 0 Å². The van der Waals surface area contributed by atoms with Crippen LogP contribution in [0.15, 0.2) is 35.8 Å². The average Bonchev–Trinajstić information content (AvgIpc) is 3.40. The van der Waals surface area contributed by atoms with Gasteiger partial charge in [-0.25, -0.2) is 9.97 Å². The molecule has 1 aliphatic rings. The fourth-order valence-electron chi connectivity index (χ4n) is 3.75. The number of benzene rings is 1. The van der Waals surface area contributed by atoms with Crippen LogP contribution in [-0.2, 0) is 4.74 Å². The number of aryl methyl sites for hydroxylation is 1. The van der Waals surface area contributed by atoms with E-state index in [0.717, 1.165) is 76.3 Å². The highest BCUT2D eigenvalue weighted by molar-refractivity contribution is 7.09. The van der Waals surface area contributed by atoms with E-state index in [1.54, 1.807) is 24.6 Å². The minimum absolute atomic E-state index is 0.718. The molecule has 0 atom stereocenters. The van der Waals surface area contributed by atoms with Crippen molar-refractivity contribution in [3.63, 3.8) is 0 Å². The molecule has 1 N–H and O–H groups in total. The number of morpholine rings is 1. The Kier molecular flexibility index (Phi) is 4.65. The highest BCUT2D eigenvalue weighted by atomic mass is 32.1. The van der Waals surface area contributed by atoms with Gasteiger partial charge in [-0.1, -0.05) is 0 Å². The Balaban J connectivity index is 1.66. The smallest absolute Gasteiger partial charge is 0.156 e. The van der Waals surface area contributed by atoms with Crippen LogP contribution in [0.1, 0.15) is 5.01 Å². The first-order valence-corrected chi connectivity index (χ1v) is 10.4. The number of aromatic nitrogens is 4. The van der Waals surface area contributed by atoms with Crippen LogP contribution >= 0.6 is 11.3 Å². The molecule has 0 spiro atoms. The van der Waals surface area contributed by atoms with E-state index in [9.17, 15) is 0 Å². The van der Waals surface area contributed by atoms with Gasteiger partial charge in [0, 0.05) is 35.8 Å². The number of ether oxygens (including phenoxy) is 2. The predicted octanol–water partition coefficient (Wildman–Crippen LogP) is 3.90. The molecule has 0 aliphatic carbocycles. The number of H-pyrrole nitrogens is 1.